The maximum absolute atomic E-state index is 6.13. The fraction of sp³-hybridized carbons (Fsp3) is 0.579. The summed E-state index contributed by atoms with van der Waals surface area (Å²) in [6.45, 7) is 5.58. The van der Waals surface area contributed by atoms with E-state index in [1.807, 2.05) is 6.07 Å². The average molecular weight is 345 g/mol. The molecule has 0 saturated carbocycles. The van der Waals surface area contributed by atoms with Crippen molar-refractivity contribution in [1.82, 2.24) is 14.9 Å². The molecule has 4 rings (SSSR count). The highest BCUT2D eigenvalue weighted by Gasteiger charge is 2.18. The van der Waals surface area contributed by atoms with Gasteiger partial charge in [-0.2, -0.15) is 0 Å². The first kappa shape index (κ1) is 16.1. The third-order valence-electron chi connectivity index (χ3n) is 5.23. The molecule has 2 fully saturated rings. The van der Waals surface area contributed by atoms with Crippen LogP contribution in [-0.2, 0) is 6.54 Å². The third-order valence-corrected chi connectivity index (χ3v) is 5.44. The average Bonchev–Trinajstić information content (AvgIpc) is 2.63. The van der Waals surface area contributed by atoms with Crippen LogP contribution in [0.3, 0.4) is 0 Å². The minimum absolute atomic E-state index is 0.523. The van der Waals surface area contributed by atoms with E-state index in [0.29, 0.717) is 5.15 Å². The second-order valence-electron chi connectivity index (χ2n) is 7.03. The molecule has 2 aliphatic heterocycles. The van der Waals surface area contributed by atoms with Gasteiger partial charge in [-0.1, -0.05) is 18.0 Å². The fourth-order valence-corrected chi connectivity index (χ4v) is 4.05. The van der Waals surface area contributed by atoms with Gasteiger partial charge in [0.1, 0.15) is 11.0 Å². The molecule has 0 spiro atoms. The molecule has 0 unspecified atom stereocenters. The van der Waals surface area contributed by atoms with Crippen molar-refractivity contribution in [3.05, 3.63) is 28.9 Å². The van der Waals surface area contributed by atoms with Crippen LogP contribution in [0.25, 0.3) is 11.0 Å². The van der Waals surface area contributed by atoms with Crippen LogP contribution < -0.4 is 4.90 Å². The van der Waals surface area contributed by atoms with Gasteiger partial charge >= 0.3 is 0 Å². The van der Waals surface area contributed by atoms with Gasteiger partial charge in [0, 0.05) is 25.0 Å². The number of halogens is 1. The Kier molecular flexibility index (Phi) is 4.86. The number of fused-ring (bicyclic) bond motifs is 1. The number of hydrogen-bond acceptors (Lipinski definition) is 4. The van der Waals surface area contributed by atoms with Gasteiger partial charge in [0.15, 0.2) is 5.65 Å². The Labute approximate surface area is 148 Å². The Bertz CT molecular complexity index is 706. The lowest BCUT2D eigenvalue weighted by atomic mass is 10.1. The Hall–Kier alpha value is -1.39. The lowest BCUT2D eigenvalue weighted by Gasteiger charge is -2.30. The second-order valence-corrected chi connectivity index (χ2v) is 7.42. The molecule has 0 amide bonds. The maximum atomic E-state index is 6.13. The van der Waals surface area contributed by atoms with E-state index >= 15 is 0 Å². The number of likely N-dealkylation sites (tertiary alicyclic amines) is 1. The Morgan fingerprint density at radius 3 is 2.33 bits per heavy atom. The van der Waals surface area contributed by atoms with E-state index in [0.717, 1.165) is 36.5 Å². The zero-order chi connectivity index (χ0) is 16.4. The first-order valence-corrected chi connectivity index (χ1v) is 9.61. The number of piperidine rings is 2. The lowest BCUT2D eigenvalue weighted by molar-refractivity contribution is 0.221. The van der Waals surface area contributed by atoms with Gasteiger partial charge in [-0.3, -0.25) is 4.90 Å². The minimum atomic E-state index is 0.523. The molecule has 0 bridgehead atoms. The first-order valence-electron chi connectivity index (χ1n) is 9.23. The van der Waals surface area contributed by atoms with E-state index in [4.69, 9.17) is 16.6 Å². The highest BCUT2D eigenvalue weighted by Crippen LogP contribution is 2.27. The van der Waals surface area contributed by atoms with E-state index in [9.17, 15) is 0 Å². The molecule has 4 nitrogen and oxygen atoms in total. The van der Waals surface area contributed by atoms with Gasteiger partial charge < -0.3 is 4.90 Å². The number of nitrogens with zero attached hydrogens (tertiary/aromatic N) is 4. The summed E-state index contributed by atoms with van der Waals surface area (Å²) in [7, 11) is 0. The minimum Gasteiger partial charge on any atom is -0.357 e. The summed E-state index contributed by atoms with van der Waals surface area (Å²) in [5.74, 6) is 1.07. The van der Waals surface area contributed by atoms with E-state index in [1.54, 1.807) is 0 Å². The molecular formula is C19H25ClN4. The number of hydrogen-bond donors (Lipinski definition) is 0. The zero-order valence-electron chi connectivity index (χ0n) is 14.2. The van der Waals surface area contributed by atoms with Gasteiger partial charge in [-0.05, 0) is 69.0 Å². The van der Waals surface area contributed by atoms with Crippen LogP contribution in [-0.4, -0.2) is 41.0 Å². The van der Waals surface area contributed by atoms with Crippen LogP contribution in [0.2, 0.25) is 5.15 Å². The third kappa shape index (κ3) is 3.50. The van der Waals surface area contributed by atoms with Gasteiger partial charge in [-0.15, -0.1) is 0 Å². The van der Waals surface area contributed by atoms with Crippen molar-refractivity contribution < 1.29 is 0 Å². The van der Waals surface area contributed by atoms with Gasteiger partial charge in [0.25, 0.3) is 0 Å². The number of rotatable bonds is 3. The molecular weight excluding hydrogens is 320 g/mol. The normalized spacial score (nSPS) is 19.8. The summed E-state index contributed by atoms with van der Waals surface area (Å²) in [4.78, 5) is 14.3. The Balaban J connectivity index is 1.71. The number of aromatic nitrogens is 2. The summed E-state index contributed by atoms with van der Waals surface area (Å²) in [6, 6.07) is 6.25. The maximum Gasteiger partial charge on any atom is 0.163 e. The molecule has 2 aromatic rings. The standard InChI is InChI=1S/C19H25ClN4/c20-17-8-7-16-15(14-23-9-3-1-4-10-23)13-18(22-19(16)21-17)24-11-5-2-6-12-24/h7-8,13H,1-6,9-12,14H2. The van der Waals surface area contributed by atoms with E-state index in [-0.39, 0.29) is 0 Å². The van der Waals surface area contributed by atoms with Crippen LogP contribution in [0.5, 0.6) is 0 Å². The molecule has 2 aromatic heterocycles. The van der Waals surface area contributed by atoms with Gasteiger partial charge in [0.05, 0.1) is 0 Å². The molecule has 0 atom stereocenters. The fourth-order valence-electron chi connectivity index (χ4n) is 3.91. The van der Waals surface area contributed by atoms with Gasteiger partial charge in [-0.25, -0.2) is 9.97 Å². The molecule has 4 heterocycles. The van der Waals surface area contributed by atoms with E-state index in [1.165, 1.54) is 57.2 Å². The van der Waals surface area contributed by atoms with Crippen LogP contribution in [0.1, 0.15) is 44.1 Å². The van der Waals surface area contributed by atoms with E-state index in [2.05, 4.69) is 26.9 Å². The summed E-state index contributed by atoms with van der Waals surface area (Å²) >= 11 is 6.13. The molecule has 5 heteroatoms. The molecule has 2 saturated heterocycles. The highest BCUT2D eigenvalue weighted by molar-refractivity contribution is 6.29. The quantitative estimate of drug-likeness (QED) is 0.779. The molecule has 2 aliphatic rings. The SMILES string of the molecule is Clc1ccc2c(CN3CCCCC3)cc(N3CCCCC3)nc2n1. The number of pyridine rings is 2. The van der Waals surface area contributed by atoms with Crippen molar-refractivity contribution >= 4 is 28.5 Å². The van der Waals surface area contributed by atoms with Crippen LogP contribution in [0.15, 0.2) is 18.2 Å². The van der Waals surface area contributed by atoms with Crippen molar-refractivity contribution in [2.75, 3.05) is 31.1 Å². The molecule has 0 aliphatic carbocycles. The van der Waals surface area contributed by atoms with Gasteiger partial charge in [0.2, 0.25) is 0 Å². The largest absolute Gasteiger partial charge is 0.357 e. The Morgan fingerprint density at radius 1 is 0.875 bits per heavy atom. The monoisotopic (exact) mass is 344 g/mol. The Morgan fingerprint density at radius 2 is 1.58 bits per heavy atom. The van der Waals surface area contributed by atoms with Crippen LogP contribution >= 0.6 is 11.6 Å². The van der Waals surface area contributed by atoms with Crippen molar-refractivity contribution in [3.63, 3.8) is 0 Å². The summed E-state index contributed by atoms with van der Waals surface area (Å²) in [5.41, 5.74) is 2.13. The summed E-state index contributed by atoms with van der Waals surface area (Å²) in [6.07, 6.45) is 7.82. The van der Waals surface area contributed by atoms with Crippen LogP contribution in [0.4, 0.5) is 5.82 Å². The molecule has 0 radical (unpaired) electrons. The van der Waals surface area contributed by atoms with Crippen molar-refractivity contribution in [3.8, 4) is 0 Å². The smallest absolute Gasteiger partial charge is 0.163 e. The van der Waals surface area contributed by atoms with Crippen molar-refractivity contribution in [1.29, 1.82) is 0 Å². The molecule has 0 aromatic carbocycles. The summed E-state index contributed by atoms with van der Waals surface area (Å²) in [5, 5.41) is 1.67. The van der Waals surface area contributed by atoms with E-state index < -0.39 is 0 Å². The van der Waals surface area contributed by atoms with Crippen molar-refractivity contribution in [2.45, 2.75) is 45.1 Å². The predicted octanol–water partition coefficient (Wildman–Crippen LogP) is 4.26. The number of anilines is 1. The highest BCUT2D eigenvalue weighted by atomic mass is 35.5. The predicted molar refractivity (Wildman–Crippen MR) is 99.7 cm³/mol. The lowest BCUT2D eigenvalue weighted by Crippen LogP contribution is -2.31. The molecule has 24 heavy (non-hydrogen) atoms. The van der Waals surface area contributed by atoms with Crippen molar-refractivity contribution in [2.24, 2.45) is 0 Å². The topological polar surface area (TPSA) is 32.3 Å². The molecule has 128 valence electrons. The van der Waals surface area contributed by atoms with Crippen LogP contribution in [0, 0.1) is 0 Å². The second kappa shape index (κ2) is 7.24. The first-order chi connectivity index (χ1) is 11.8. The zero-order valence-corrected chi connectivity index (χ0v) is 14.9. The molecule has 0 N–H and O–H groups in total. The summed E-state index contributed by atoms with van der Waals surface area (Å²) < 4.78 is 0.